The molecule has 5 N–H and O–H groups in total. The SMILES string of the molecule is NCC1Nc2ccccc2Sc2ccccc21.O=C(O)/C=C/C(=O)O. The first-order chi connectivity index (χ1) is 12.0. The Morgan fingerprint density at radius 1 is 1.00 bits per heavy atom. The van der Waals surface area contributed by atoms with Crippen LogP contribution in [-0.2, 0) is 9.59 Å². The maximum atomic E-state index is 9.55. The van der Waals surface area contributed by atoms with E-state index in [1.165, 1.54) is 21.0 Å². The lowest BCUT2D eigenvalue weighted by atomic mass is 10.1. The molecule has 1 unspecified atom stereocenters. The van der Waals surface area contributed by atoms with Crippen molar-refractivity contribution in [2.24, 2.45) is 5.73 Å². The van der Waals surface area contributed by atoms with Gasteiger partial charge in [-0.2, -0.15) is 0 Å². The van der Waals surface area contributed by atoms with E-state index >= 15 is 0 Å². The number of para-hydroxylation sites is 1. The van der Waals surface area contributed by atoms with Gasteiger partial charge in [0.1, 0.15) is 0 Å². The summed E-state index contributed by atoms with van der Waals surface area (Å²) >= 11 is 1.80. The fourth-order valence-corrected chi connectivity index (χ4v) is 3.34. The summed E-state index contributed by atoms with van der Waals surface area (Å²) in [7, 11) is 0. The Balaban J connectivity index is 0.000000242. The van der Waals surface area contributed by atoms with Gasteiger partial charge in [-0.15, -0.1) is 0 Å². The third kappa shape index (κ3) is 5.37. The van der Waals surface area contributed by atoms with Gasteiger partial charge in [0.2, 0.25) is 0 Å². The lowest BCUT2D eigenvalue weighted by molar-refractivity contribution is -0.134. The zero-order valence-corrected chi connectivity index (χ0v) is 14.1. The van der Waals surface area contributed by atoms with Gasteiger partial charge in [-0.05, 0) is 23.8 Å². The van der Waals surface area contributed by atoms with Crippen LogP contribution >= 0.6 is 11.8 Å². The van der Waals surface area contributed by atoms with E-state index in [0.29, 0.717) is 18.7 Å². The molecular weight excluding hydrogens is 340 g/mol. The molecule has 6 nitrogen and oxygen atoms in total. The molecule has 2 aromatic carbocycles. The molecule has 25 heavy (non-hydrogen) atoms. The molecule has 0 amide bonds. The summed E-state index contributed by atoms with van der Waals surface area (Å²) in [4.78, 5) is 21.7. The molecule has 1 atom stereocenters. The largest absolute Gasteiger partial charge is 0.478 e. The molecule has 7 heteroatoms. The molecular formula is C18H18N2O4S. The first-order valence-corrected chi connectivity index (χ1v) is 8.29. The molecule has 0 fully saturated rings. The number of benzene rings is 2. The summed E-state index contributed by atoms with van der Waals surface area (Å²) in [5, 5.41) is 19.1. The van der Waals surface area contributed by atoms with Crippen molar-refractivity contribution in [3.63, 3.8) is 0 Å². The third-order valence-corrected chi connectivity index (χ3v) is 4.50. The maximum Gasteiger partial charge on any atom is 0.328 e. The van der Waals surface area contributed by atoms with Crippen molar-refractivity contribution in [3.05, 3.63) is 66.2 Å². The number of carboxylic acid groups (broad SMARTS) is 2. The highest BCUT2D eigenvalue weighted by atomic mass is 32.2. The van der Waals surface area contributed by atoms with Gasteiger partial charge in [0.25, 0.3) is 0 Å². The van der Waals surface area contributed by atoms with Crippen molar-refractivity contribution < 1.29 is 19.8 Å². The van der Waals surface area contributed by atoms with Crippen LogP contribution in [-0.4, -0.2) is 28.7 Å². The molecule has 0 spiro atoms. The molecule has 2 aromatic rings. The van der Waals surface area contributed by atoms with Gasteiger partial charge in [0.05, 0.1) is 6.04 Å². The minimum atomic E-state index is -1.26. The van der Waals surface area contributed by atoms with Crippen LogP contribution in [0.3, 0.4) is 0 Å². The number of hydrogen-bond donors (Lipinski definition) is 4. The highest BCUT2D eigenvalue weighted by molar-refractivity contribution is 7.99. The number of aliphatic carboxylic acids is 2. The molecule has 0 radical (unpaired) electrons. The topological polar surface area (TPSA) is 113 Å². The smallest absolute Gasteiger partial charge is 0.328 e. The van der Waals surface area contributed by atoms with Gasteiger partial charge in [0.15, 0.2) is 0 Å². The van der Waals surface area contributed by atoms with Crippen molar-refractivity contribution in [3.8, 4) is 0 Å². The van der Waals surface area contributed by atoms with Crippen LogP contribution in [0.1, 0.15) is 11.6 Å². The summed E-state index contributed by atoms with van der Waals surface area (Å²) < 4.78 is 0. The lowest BCUT2D eigenvalue weighted by Gasteiger charge is -2.17. The van der Waals surface area contributed by atoms with Crippen molar-refractivity contribution in [2.75, 3.05) is 11.9 Å². The zero-order valence-electron chi connectivity index (χ0n) is 13.3. The van der Waals surface area contributed by atoms with Crippen molar-refractivity contribution in [1.29, 1.82) is 0 Å². The van der Waals surface area contributed by atoms with E-state index in [0.717, 1.165) is 0 Å². The van der Waals surface area contributed by atoms with E-state index in [1.54, 1.807) is 11.8 Å². The Hall–Kier alpha value is -2.77. The Morgan fingerprint density at radius 3 is 2.16 bits per heavy atom. The van der Waals surface area contributed by atoms with Crippen LogP contribution in [0.5, 0.6) is 0 Å². The summed E-state index contributed by atoms with van der Waals surface area (Å²) in [6.07, 6.45) is 1.12. The number of fused-ring (bicyclic) bond motifs is 2. The quantitative estimate of drug-likeness (QED) is 0.624. The predicted octanol–water partition coefficient (Wildman–Crippen LogP) is 2.97. The average Bonchev–Trinajstić information content (AvgIpc) is 2.76. The van der Waals surface area contributed by atoms with Gasteiger partial charge >= 0.3 is 11.9 Å². The normalized spacial score (nSPS) is 15.0. The maximum absolute atomic E-state index is 9.55. The van der Waals surface area contributed by atoms with Crippen LogP contribution in [0.4, 0.5) is 5.69 Å². The molecule has 130 valence electrons. The lowest BCUT2D eigenvalue weighted by Crippen LogP contribution is -2.20. The van der Waals surface area contributed by atoms with Gasteiger partial charge in [0, 0.05) is 34.2 Å². The van der Waals surface area contributed by atoms with E-state index in [9.17, 15) is 9.59 Å². The molecule has 3 rings (SSSR count). The number of hydrogen-bond acceptors (Lipinski definition) is 5. The summed E-state index contributed by atoms with van der Waals surface area (Å²) in [6.45, 7) is 0.603. The first kappa shape index (κ1) is 18.6. The molecule has 0 saturated carbocycles. The fourth-order valence-electron chi connectivity index (χ4n) is 2.25. The number of anilines is 1. The zero-order chi connectivity index (χ0) is 18.2. The highest BCUT2D eigenvalue weighted by Gasteiger charge is 2.19. The highest BCUT2D eigenvalue weighted by Crippen LogP contribution is 2.41. The monoisotopic (exact) mass is 358 g/mol. The first-order valence-electron chi connectivity index (χ1n) is 7.47. The molecule has 0 aromatic heterocycles. The van der Waals surface area contributed by atoms with Gasteiger partial charge < -0.3 is 21.3 Å². The Kier molecular flexibility index (Phi) is 6.62. The second-order valence-corrected chi connectivity index (χ2v) is 6.16. The number of carbonyl (C=O) groups is 2. The molecule has 1 heterocycles. The van der Waals surface area contributed by atoms with Crippen molar-refractivity contribution >= 4 is 29.4 Å². The second kappa shape index (κ2) is 8.91. The molecule has 1 aliphatic rings. The number of nitrogens with two attached hydrogens (primary N) is 1. The van der Waals surface area contributed by atoms with E-state index in [-0.39, 0.29) is 6.04 Å². The van der Waals surface area contributed by atoms with Crippen LogP contribution < -0.4 is 11.1 Å². The Bertz CT molecular complexity index is 776. The number of carboxylic acids is 2. The summed E-state index contributed by atoms with van der Waals surface area (Å²) in [5.74, 6) is -2.51. The molecule has 0 saturated heterocycles. The molecule has 0 bridgehead atoms. The number of rotatable bonds is 3. The van der Waals surface area contributed by atoms with Gasteiger partial charge in [-0.1, -0.05) is 42.1 Å². The second-order valence-electron chi connectivity index (χ2n) is 5.08. The Morgan fingerprint density at radius 2 is 1.56 bits per heavy atom. The van der Waals surface area contributed by atoms with Crippen molar-refractivity contribution in [1.82, 2.24) is 0 Å². The fraction of sp³-hybridized carbons (Fsp3) is 0.111. The summed E-state index contributed by atoms with van der Waals surface area (Å²) in [6, 6.07) is 17.0. The van der Waals surface area contributed by atoms with E-state index in [1.807, 2.05) is 0 Å². The molecule has 0 aliphatic carbocycles. The van der Waals surface area contributed by atoms with E-state index in [2.05, 4.69) is 53.8 Å². The van der Waals surface area contributed by atoms with Crippen molar-refractivity contribution in [2.45, 2.75) is 15.8 Å². The third-order valence-electron chi connectivity index (χ3n) is 3.34. The minimum absolute atomic E-state index is 0.197. The minimum Gasteiger partial charge on any atom is -0.478 e. The standard InChI is InChI=1S/C14H14N2S.C4H4O4/c15-9-12-10-5-1-3-7-13(10)17-14-8-4-2-6-11(14)16-12;5-3(6)1-2-4(7)8/h1-8,12,16H,9,15H2;1-2H,(H,5,6)(H,7,8)/b;2-1+. The van der Waals surface area contributed by atoms with E-state index in [4.69, 9.17) is 15.9 Å². The van der Waals surface area contributed by atoms with Crippen LogP contribution in [0, 0.1) is 0 Å². The summed E-state index contributed by atoms with van der Waals surface area (Å²) in [5.41, 5.74) is 8.33. The van der Waals surface area contributed by atoms with Gasteiger partial charge in [-0.3, -0.25) is 0 Å². The molecule has 1 aliphatic heterocycles. The Labute approximate surface area is 149 Å². The van der Waals surface area contributed by atoms with E-state index < -0.39 is 11.9 Å². The van der Waals surface area contributed by atoms with Crippen LogP contribution in [0.25, 0.3) is 0 Å². The predicted molar refractivity (Wildman–Crippen MR) is 96.8 cm³/mol. The van der Waals surface area contributed by atoms with Crippen LogP contribution in [0.15, 0.2) is 70.5 Å². The average molecular weight is 358 g/mol. The van der Waals surface area contributed by atoms with Crippen LogP contribution in [0.2, 0.25) is 0 Å². The van der Waals surface area contributed by atoms with Gasteiger partial charge in [-0.25, -0.2) is 9.59 Å². The number of nitrogens with one attached hydrogen (secondary N) is 1.